The third-order valence-corrected chi connectivity index (χ3v) is 4.47. The van der Waals surface area contributed by atoms with Crippen LogP contribution in [0.3, 0.4) is 0 Å². The third kappa shape index (κ3) is 5.98. The molecule has 0 fully saturated rings. The van der Waals surface area contributed by atoms with Crippen molar-refractivity contribution in [3.63, 3.8) is 0 Å². The van der Waals surface area contributed by atoms with Gasteiger partial charge in [-0.3, -0.25) is 0 Å². The number of unbranched alkanes of at least 4 members (excludes halogenated alkanes) is 1. The Bertz CT molecular complexity index is 486. The highest BCUT2D eigenvalue weighted by molar-refractivity contribution is 7.89. The number of hydrogen-bond acceptors (Lipinski definition) is 5. The van der Waals surface area contributed by atoms with Crippen molar-refractivity contribution in [3.05, 3.63) is 12.2 Å². The van der Waals surface area contributed by atoms with E-state index in [2.05, 4.69) is 27.2 Å². The molecule has 0 aliphatic heterocycles. The Morgan fingerprint density at radius 1 is 1.35 bits per heavy atom. The van der Waals surface area contributed by atoms with Crippen LogP contribution in [-0.4, -0.2) is 42.0 Å². The van der Waals surface area contributed by atoms with Gasteiger partial charge in [0.05, 0.1) is 11.8 Å². The lowest BCUT2D eigenvalue weighted by atomic mass is 10.3. The number of nitrogens with zero attached hydrogens (tertiary/aromatic N) is 3. The van der Waals surface area contributed by atoms with Crippen LogP contribution in [0.5, 0.6) is 0 Å². The fourth-order valence-corrected chi connectivity index (χ4v) is 3.26. The van der Waals surface area contributed by atoms with E-state index in [0.29, 0.717) is 12.2 Å². The second kappa shape index (κ2) is 8.33. The molecule has 1 aromatic rings. The summed E-state index contributed by atoms with van der Waals surface area (Å²) in [5.74, 6) is 0.751. The van der Waals surface area contributed by atoms with Gasteiger partial charge < -0.3 is 9.88 Å². The fourth-order valence-electron chi connectivity index (χ4n) is 1.91. The molecule has 0 saturated heterocycles. The van der Waals surface area contributed by atoms with Crippen molar-refractivity contribution < 1.29 is 8.42 Å². The van der Waals surface area contributed by atoms with Crippen LogP contribution in [-0.2, 0) is 17.1 Å². The average Bonchev–Trinajstić information content (AvgIpc) is 2.79. The summed E-state index contributed by atoms with van der Waals surface area (Å²) in [6, 6.07) is -0.370. The van der Waals surface area contributed by atoms with Gasteiger partial charge in [-0.15, -0.1) is 10.2 Å². The second-order valence-electron chi connectivity index (χ2n) is 4.92. The summed E-state index contributed by atoms with van der Waals surface area (Å²) >= 11 is 0. The molecule has 2 N–H and O–H groups in total. The smallest absolute Gasteiger partial charge is 0.212 e. The molecule has 0 aromatic carbocycles. The molecule has 0 amide bonds. The van der Waals surface area contributed by atoms with Gasteiger partial charge in [0.25, 0.3) is 0 Å². The van der Waals surface area contributed by atoms with E-state index in [1.165, 1.54) is 0 Å². The van der Waals surface area contributed by atoms with Gasteiger partial charge in [0.1, 0.15) is 12.2 Å². The lowest BCUT2D eigenvalue weighted by Gasteiger charge is -2.13. The zero-order valence-corrected chi connectivity index (χ0v) is 13.3. The van der Waals surface area contributed by atoms with Crippen molar-refractivity contribution in [2.45, 2.75) is 39.2 Å². The number of sulfonamides is 1. The monoisotopic (exact) mass is 303 g/mol. The van der Waals surface area contributed by atoms with Crippen molar-refractivity contribution in [1.29, 1.82) is 0 Å². The van der Waals surface area contributed by atoms with Crippen molar-refractivity contribution in [1.82, 2.24) is 24.8 Å². The van der Waals surface area contributed by atoms with Crippen LogP contribution in [0.1, 0.15) is 45.0 Å². The normalized spacial score (nSPS) is 13.6. The minimum Gasteiger partial charge on any atom is -0.319 e. The molecule has 0 spiro atoms. The molecule has 116 valence electrons. The molecule has 7 nitrogen and oxygen atoms in total. The van der Waals surface area contributed by atoms with Crippen molar-refractivity contribution in [3.8, 4) is 0 Å². The maximum absolute atomic E-state index is 11.9. The number of hydrogen-bond donors (Lipinski definition) is 2. The fraction of sp³-hybridized carbons (Fsp3) is 0.833. The quantitative estimate of drug-likeness (QED) is 0.617. The predicted octanol–water partition coefficient (Wildman–Crippen LogP) is 0.575. The van der Waals surface area contributed by atoms with Crippen LogP contribution in [0.15, 0.2) is 6.33 Å². The molecule has 1 aromatic heterocycles. The Labute approximate surface area is 121 Å². The Balaban J connectivity index is 2.32. The van der Waals surface area contributed by atoms with Gasteiger partial charge in [-0.2, -0.15) is 0 Å². The summed E-state index contributed by atoms with van der Waals surface area (Å²) in [5.41, 5.74) is 0. The molecular weight excluding hydrogens is 278 g/mol. The predicted molar refractivity (Wildman–Crippen MR) is 78.7 cm³/mol. The molecule has 0 bridgehead atoms. The van der Waals surface area contributed by atoms with E-state index in [1.54, 1.807) is 24.9 Å². The summed E-state index contributed by atoms with van der Waals surface area (Å²) in [5, 5.41) is 10.9. The number of rotatable bonds is 10. The molecular formula is C12H25N5O2S. The molecule has 1 unspecified atom stereocenters. The Morgan fingerprint density at radius 2 is 2.10 bits per heavy atom. The first-order chi connectivity index (χ1) is 9.46. The van der Waals surface area contributed by atoms with Gasteiger partial charge >= 0.3 is 0 Å². The highest BCUT2D eigenvalue weighted by Crippen LogP contribution is 2.09. The van der Waals surface area contributed by atoms with E-state index in [-0.39, 0.29) is 11.8 Å². The zero-order chi connectivity index (χ0) is 15.0. The zero-order valence-electron chi connectivity index (χ0n) is 12.5. The van der Waals surface area contributed by atoms with Crippen LogP contribution < -0.4 is 10.0 Å². The van der Waals surface area contributed by atoms with E-state index in [9.17, 15) is 8.42 Å². The van der Waals surface area contributed by atoms with Crippen molar-refractivity contribution in [2.75, 3.05) is 18.8 Å². The van der Waals surface area contributed by atoms with E-state index in [1.807, 2.05) is 0 Å². The van der Waals surface area contributed by atoms with Gasteiger partial charge in [0.15, 0.2) is 0 Å². The highest BCUT2D eigenvalue weighted by atomic mass is 32.2. The summed E-state index contributed by atoms with van der Waals surface area (Å²) < 4.78 is 28.2. The summed E-state index contributed by atoms with van der Waals surface area (Å²) in [4.78, 5) is 0. The molecule has 0 radical (unpaired) electrons. The molecule has 1 rings (SSSR count). The maximum atomic E-state index is 11.9. The lowest BCUT2D eigenvalue weighted by molar-refractivity contribution is 0.547. The molecule has 1 atom stereocenters. The maximum Gasteiger partial charge on any atom is 0.212 e. The lowest BCUT2D eigenvalue weighted by Crippen LogP contribution is -2.31. The van der Waals surface area contributed by atoms with Crippen molar-refractivity contribution >= 4 is 10.0 Å². The second-order valence-corrected chi connectivity index (χ2v) is 6.79. The van der Waals surface area contributed by atoms with E-state index >= 15 is 0 Å². The summed E-state index contributed by atoms with van der Waals surface area (Å²) in [6.45, 7) is 5.72. The van der Waals surface area contributed by atoms with Gasteiger partial charge in [-0.1, -0.05) is 6.92 Å². The molecule has 8 heteroatoms. The minimum atomic E-state index is -3.28. The Kier molecular flexibility index (Phi) is 7.11. The first-order valence-electron chi connectivity index (χ1n) is 7.01. The van der Waals surface area contributed by atoms with Gasteiger partial charge in [0, 0.05) is 7.05 Å². The van der Waals surface area contributed by atoms with Gasteiger partial charge in [-0.05, 0) is 39.3 Å². The number of aryl methyl sites for hydroxylation is 1. The highest BCUT2D eigenvalue weighted by Gasteiger charge is 2.18. The molecule has 0 aliphatic rings. The number of nitrogens with one attached hydrogen (secondary N) is 2. The van der Waals surface area contributed by atoms with Crippen LogP contribution in [0, 0.1) is 0 Å². The average molecular weight is 303 g/mol. The van der Waals surface area contributed by atoms with Crippen LogP contribution in [0.4, 0.5) is 0 Å². The third-order valence-electron chi connectivity index (χ3n) is 2.93. The molecule has 20 heavy (non-hydrogen) atoms. The van der Waals surface area contributed by atoms with E-state index < -0.39 is 10.0 Å². The van der Waals surface area contributed by atoms with Crippen molar-refractivity contribution in [2.24, 2.45) is 7.05 Å². The Hall–Kier alpha value is -0.990. The van der Waals surface area contributed by atoms with Crippen LogP contribution >= 0.6 is 0 Å². The summed E-state index contributed by atoms with van der Waals surface area (Å²) in [7, 11) is -1.48. The van der Waals surface area contributed by atoms with Gasteiger partial charge in [-0.25, -0.2) is 13.1 Å². The minimum absolute atomic E-state index is 0.142. The van der Waals surface area contributed by atoms with Crippen LogP contribution in [0.2, 0.25) is 0 Å². The van der Waals surface area contributed by atoms with Gasteiger partial charge in [0.2, 0.25) is 10.0 Å². The van der Waals surface area contributed by atoms with Crippen LogP contribution in [0.25, 0.3) is 0 Å². The van der Waals surface area contributed by atoms with E-state index in [0.717, 1.165) is 25.9 Å². The summed E-state index contributed by atoms with van der Waals surface area (Å²) in [6.07, 6.45) is 4.16. The molecule has 1 heterocycles. The standard InChI is InChI=1S/C12H25N5O2S/c1-4-7-13-8-5-6-9-20(18,19)16-11(2)12-15-14-10-17(12)3/h10-11,13,16H,4-9H2,1-3H3. The first kappa shape index (κ1) is 17.1. The SMILES string of the molecule is CCCNCCCCS(=O)(=O)NC(C)c1nncn1C. The topological polar surface area (TPSA) is 88.9 Å². The number of aromatic nitrogens is 3. The molecule has 0 saturated carbocycles. The van der Waals surface area contributed by atoms with E-state index in [4.69, 9.17) is 0 Å². The molecule has 0 aliphatic carbocycles. The Morgan fingerprint density at radius 3 is 2.70 bits per heavy atom. The largest absolute Gasteiger partial charge is 0.319 e. The first-order valence-corrected chi connectivity index (χ1v) is 8.66.